The fourth-order valence-corrected chi connectivity index (χ4v) is 2.62. The van der Waals surface area contributed by atoms with Crippen LogP contribution in [-0.2, 0) is 0 Å². The molecule has 1 aliphatic heterocycles. The third-order valence-corrected chi connectivity index (χ3v) is 4.07. The van der Waals surface area contributed by atoms with Gasteiger partial charge in [0.05, 0.1) is 0 Å². The van der Waals surface area contributed by atoms with Gasteiger partial charge in [-0.15, -0.1) is 0 Å². The molecule has 1 saturated heterocycles. The maximum Gasteiger partial charge on any atom is 0.254 e. The maximum absolute atomic E-state index is 12.3. The molecule has 1 aliphatic rings. The van der Waals surface area contributed by atoms with Crippen LogP contribution >= 0.6 is 15.9 Å². The topological polar surface area (TPSA) is 46.3 Å². The van der Waals surface area contributed by atoms with Crippen LogP contribution in [0.4, 0.5) is 5.69 Å². The second-order valence-electron chi connectivity index (χ2n) is 4.44. The van der Waals surface area contributed by atoms with Crippen LogP contribution in [0.2, 0.25) is 0 Å². The van der Waals surface area contributed by atoms with Crippen molar-refractivity contribution in [3.8, 4) is 0 Å². The Kier molecular flexibility index (Phi) is 3.72. The zero-order valence-corrected chi connectivity index (χ0v) is 11.5. The molecule has 1 aromatic rings. The summed E-state index contributed by atoms with van der Waals surface area (Å²) >= 11 is 3.34. The van der Waals surface area contributed by atoms with Gasteiger partial charge in [0.2, 0.25) is 0 Å². The molecule has 2 rings (SSSR count). The molecule has 0 aromatic heterocycles. The lowest BCUT2D eigenvalue weighted by atomic mass is 10.1. The van der Waals surface area contributed by atoms with E-state index >= 15 is 0 Å². The number of carbonyl (C=O) groups is 1. The quantitative estimate of drug-likeness (QED) is 0.853. The summed E-state index contributed by atoms with van der Waals surface area (Å²) < 4.78 is 0.836. The van der Waals surface area contributed by atoms with E-state index in [9.17, 15) is 4.79 Å². The highest BCUT2D eigenvalue weighted by molar-refractivity contribution is 9.10. The van der Waals surface area contributed by atoms with E-state index in [-0.39, 0.29) is 5.91 Å². The van der Waals surface area contributed by atoms with E-state index in [0.29, 0.717) is 17.3 Å². The first kappa shape index (κ1) is 12.4. The molecule has 0 spiro atoms. The van der Waals surface area contributed by atoms with E-state index in [2.05, 4.69) is 22.9 Å². The molecule has 1 unspecified atom stereocenters. The van der Waals surface area contributed by atoms with Gasteiger partial charge in [0, 0.05) is 28.3 Å². The summed E-state index contributed by atoms with van der Waals surface area (Å²) in [4.78, 5) is 14.3. The molecule has 1 atom stereocenters. The Morgan fingerprint density at radius 1 is 1.59 bits per heavy atom. The van der Waals surface area contributed by atoms with Crippen LogP contribution in [0.1, 0.15) is 36.5 Å². The van der Waals surface area contributed by atoms with Crippen molar-refractivity contribution in [2.75, 3.05) is 12.3 Å². The van der Waals surface area contributed by atoms with Gasteiger partial charge in [0.25, 0.3) is 5.91 Å². The van der Waals surface area contributed by atoms with Crippen LogP contribution in [0.3, 0.4) is 0 Å². The zero-order valence-electron chi connectivity index (χ0n) is 9.95. The minimum absolute atomic E-state index is 0.105. The third kappa shape index (κ3) is 2.46. The summed E-state index contributed by atoms with van der Waals surface area (Å²) in [5, 5.41) is 0. The zero-order chi connectivity index (χ0) is 12.4. The predicted octanol–water partition coefficient (Wildman–Crippen LogP) is 3.05. The molecule has 2 N–H and O–H groups in total. The molecule has 0 aliphatic carbocycles. The van der Waals surface area contributed by atoms with Crippen molar-refractivity contribution < 1.29 is 4.79 Å². The number of benzene rings is 1. The van der Waals surface area contributed by atoms with Crippen LogP contribution in [0.5, 0.6) is 0 Å². The normalized spacial score (nSPS) is 19.6. The molecule has 92 valence electrons. The van der Waals surface area contributed by atoms with Crippen LogP contribution in [-0.4, -0.2) is 23.4 Å². The molecular weight excluding hydrogens is 280 g/mol. The SMILES string of the molecule is CCC1CCCN1C(=O)c1ccc(Br)c(N)c1. The smallest absolute Gasteiger partial charge is 0.254 e. The van der Waals surface area contributed by atoms with E-state index in [1.807, 2.05) is 17.0 Å². The van der Waals surface area contributed by atoms with Crippen molar-refractivity contribution in [1.29, 1.82) is 0 Å². The highest BCUT2D eigenvalue weighted by atomic mass is 79.9. The molecule has 3 nitrogen and oxygen atoms in total. The Hall–Kier alpha value is -1.03. The molecule has 4 heteroatoms. The monoisotopic (exact) mass is 296 g/mol. The fourth-order valence-electron chi connectivity index (χ4n) is 2.37. The van der Waals surface area contributed by atoms with Crippen molar-refractivity contribution in [2.24, 2.45) is 0 Å². The number of nitrogens with zero attached hydrogens (tertiary/aromatic N) is 1. The number of nitrogen functional groups attached to an aromatic ring is 1. The standard InChI is InChI=1S/C13H17BrN2O/c1-2-10-4-3-7-16(10)13(17)9-5-6-11(14)12(15)8-9/h5-6,8,10H,2-4,7,15H2,1H3. The minimum Gasteiger partial charge on any atom is -0.398 e. The first-order chi connectivity index (χ1) is 8.13. The lowest BCUT2D eigenvalue weighted by Gasteiger charge is -2.23. The van der Waals surface area contributed by atoms with Crippen molar-refractivity contribution in [2.45, 2.75) is 32.2 Å². The Bertz CT molecular complexity index is 433. The number of amides is 1. The summed E-state index contributed by atoms with van der Waals surface area (Å²) in [7, 11) is 0. The lowest BCUT2D eigenvalue weighted by molar-refractivity contribution is 0.0733. The van der Waals surface area contributed by atoms with E-state index in [0.717, 1.165) is 30.3 Å². The number of carbonyl (C=O) groups excluding carboxylic acids is 1. The summed E-state index contributed by atoms with van der Waals surface area (Å²) in [6.45, 7) is 3.00. The molecular formula is C13H17BrN2O. The number of hydrogen-bond donors (Lipinski definition) is 1. The average Bonchev–Trinajstić information content (AvgIpc) is 2.80. The van der Waals surface area contributed by atoms with Crippen molar-refractivity contribution in [3.63, 3.8) is 0 Å². The van der Waals surface area contributed by atoms with Gasteiger partial charge in [-0.25, -0.2) is 0 Å². The highest BCUT2D eigenvalue weighted by Gasteiger charge is 2.27. The summed E-state index contributed by atoms with van der Waals surface area (Å²) in [6.07, 6.45) is 3.25. The Balaban J connectivity index is 2.21. The Labute approximate surface area is 110 Å². The second kappa shape index (κ2) is 5.08. The number of likely N-dealkylation sites (tertiary alicyclic amines) is 1. The van der Waals surface area contributed by atoms with Crippen LogP contribution in [0, 0.1) is 0 Å². The van der Waals surface area contributed by atoms with Gasteiger partial charge < -0.3 is 10.6 Å². The molecule has 1 heterocycles. The number of nitrogens with two attached hydrogens (primary N) is 1. The minimum atomic E-state index is 0.105. The molecule has 0 bridgehead atoms. The third-order valence-electron chi connectivity index (χ3n) is 3.35. The van der Waals surface area contributed by atoms with Crippen LogP contribution < -0.4 is 5.73 Å². The van der Waals surface area contributed by atoms with E-state index < -0.39 is 0 Å². The summed E-state index contributed by atoms with van der Waals surface area (Å²) in [5.41, 5.74) is 7.11. The van der Waals surface area contributed by atoms with Gasteiger partial charge in [-0.1, -0.05) is 6.92 Å². The highest BCUT2D eigenvalue weighted by Crippen LogP contribution is 2.25. The van der Waals surface area contributed by atoms with Crippen molar-refractivity contribution in [3.05, 3.63) is 28.2 Å². The first-order valence-corrected chi connectivity index (χ1v) is 6.78. The van der Waals surface area contributed by atoms with Crippen LogP contribution in [0.25, 0.3) is 0 Å². The van der Waals surface area contributed by atoms with E-state index in [1.165, 1.54) is 0 Å². The number of anilines is 1. The van der Waals surface area contributed by atoms with Gasteiger partial charge in [0.15, 0.2) is 0 Å². The van der Waals surface area contributed by atoms with Crippen LogP contribution in [0.15, 0.2) is 22.7 Å². The Morgan fingerprint density at radius 2 is 2.35 bits per heavy atom. The van der Waals surface area contributed by atoms with Gasteiger partial charge in [0.1, 0.15) is 0 Å². The van der Waals surface area contributed by atoms with E-state index in [4.69, 9.17) is 5.73 Å². The summed E-state index contributed by atoms with van der Waals surface area (Å²) in [6, 6.07) is 5.80. The first-order valence-electron chi connectivity index (χ1n) is 5.99. The van der Waals surface area contributed by atoms with Crippen molar-refractivity contribution >= 4 is 27.5 Å². The van der Waals surface area contributed by atoms with Gasteiger partial charge in [-0.2, -0.15) is 0 Å². The number of rotatable bonds is 2. The molecule has 0 radical (unpaired) electrons. The largest absolute Gasteiger partial charge is 0.398 e. The number of hydrogen-bond acceptors (Lipinski definition) is 2. The van der Waals surface area contributed by atoms with Gasteiger partial charge in [-0.3, -0.25) is 4.79 Å². The van der Waals surface area contributed by atoms with Gasteiger partial charge in [-0.05, 0) is 53.4 Å². The average molecular weight is 297 g/mol. The Morgan fingerprint density at radius 3 is 3.00 bits per heavy atom. The predicted molar refractivity (Wildman–Crippen MR) is 72.9 cm³/mol. The summed E-state index contributed by atoms with van der Waals surface area (Å²) in [5.74, 6) is 0.105. The lowest BCUT2D eigenvalue weighted by Crippen LogP contribution is -2.35. The van der Waals surface area contributed by atoms with E-state index in [1.54, 1.807) is 6.07 Å². The van der Waals surface area contributed by atoms with Gasteiger partial charge >= 0.3 is 0 Å². The molecule has 0 saturated carbocycles. The molecule has 1 aromatic carbocycles. The molecule has 1 amide bonds. The fraction of sp³-hybridized carbons (Fsp3) is 0.462. The maximum atomic E-state index is 12.3. The van der Waals surface area contributed by atoms with Crippen molar-refractivity contribution in [1.82, 2.24) is 4.90 Å². The molecule has 1 fully saturated rings. The number of halogens is 1. The molecule has 17 heavy (non-hydrogen) atoms. The second-order valence-corrected chi connectivity index (χ2v) is 5.29.